The van der Waals surface area contributed by atoms with Crippen LogP contribution in [0.15, 0.2) is 97.3 Å². The summed E-state index contributed by atoms with van der Waals surface area (Å²) in [7, 11) is 1.64. The fraction of sp³-hybridized carbons (Fsp3) is 0.361. The molecule has 5 rings (SSSR count). The number of aromatic nitrogens is 1. The summed E-state index contributed by atoms with van der Waals surface area (Å²) in [5.41, 5.74) is 2.87. The highest BCUT2D eigenvalue weighted by atomic mass is 16.5. The smallest absolute Gasteiger partial charge is 0.256 e. The minimum atomic E-state index is -0.217. The SMILES string of the molecule is COCCOCCOCCNC(=O)CC1CN(C(=O)c2cncc3ccccc23)CCN1C(c1ccccc1)c1ccccc1. The van der Waals surface area contributed by atoms with Crippen LogP contribution in [-0.4, -0.2) is 99.0 Å². The third-order valence-electron chi connectivity index (χ3n) is 8.07. The van der Waals surface area contributed by atoms with Crippen molar-refractivity contribution in [3.8, 4) is 0 Å². The topological polar surface area (TPSA) is 93.2 Å². The van der Waals surface area contributed by atoms with Crippen LogP contribution < -0.4 is 5.32 Å². The Hall–Kier alpha value is -4.15. The van der Waals surface area contributed by atoms with E-state index in [9.17, 15) is 9.59 Å². The molecule has 45 heavy (non-hydrogen) atoms. The average Bonchev–Trinajstić information content (AvgIpc) is 3.08. The van der Waals surface area contributed by atoms with Gasteiger partial charge in [0.2, 0.25) is 5.91 Å². The minimum Gasteiger partial charge on any atom is -0.382 e. The quantitative estimate of drug-likeness (QED) is 0.200. The van der Waals surface area contributed by atoms with Crippen LogP contribution >= 0.6 is 0 Å². The molecule has 1 N–H and O–H groups in total. The molecule has 2 heterocycles. The number of nitrogens with one attached hydrogen (secondary N) is 1. The summed E-state index contributed by atoms with van der Waals surface area (Å²) in [6.45, 7) is 4.36. The summed E-state index contributed by atoms with van der Waals surface area (Å²) >= 11 is 0. The van der Waals surface area contributed by atoms with Crippen molar-refractivity contribution in [1.29, 1.82) is 0 Å². The molecule has 236 valence electrons. The van der Waals surface area contributed by atoms with E-state index in [1.165, 1.54) is 0 Å². The van der Waals surface area contributed by atoms with Gasteiger partial charge >= 0.3 is 0 Å². The summed E-state index contributed by atoms with van der Waals surface area (Å²) in [5, 5.41) is 4.82. The molecule has 2 amide bonds. The predicted molar refractivity (Wildman–Crippen MR) is 174 cm³/mol. The van der Waals surface area contributed by atoms with Crippen LogP contribution in [-0.2, 0) is 19.0 Å². The van der Waals surface area contributed by atoms with Gasteiger partial charge in [-0.3, -0.25) is 19.5 Å². The zero-order valence-electron chi connectivity index (χ0n) is 25.8. The van der Waals surface area contributed by atoms with Gasteiger partial charge in [0.1, 0.15) is 0 Å². The standard InChI is InChI=1S/C36H42N4O5/c1-43-20-21-45-23-22-44-19-16-38-34(41)24-31-27-39(36(42)33-26-37-25-30-14-8-9-15-32(30)33)17-18-40(31)35(28-10-4-2-5-11-28)29-12-6-3-7-13-29/h2-15,25-26,31,35H,16-24,27H2,1H3,(H,38,41). The number of benzene rings is 3. The number of hydrogen-bond donors (Lipinski definition) is 1. The minimum absolute atomic E-state index is 0.0666. The van der Waals surface area contributed by atoms with Gasteiger partial charge in [-0.25, -0.2) is 0 Å². The predicted octanol–water partition coefficient (Wildman–Crippen LogP) is 4.34. The van der Waals surface area contributed by atoms with Crippen molar-refractivity contribution in [2.45, 2.75) is 18.5 Å². The molecule has 0 saturated carbocycles. The maximum absolute atomic E-state index is 14.0. The van der Waals surface area contributed by atoms with Crippen LogP contribution in [0.4, 0.5) is 0 Å². The largest absolute Gasteiger partial charge is 0.382 e. The van der Waals surface area contributed by atoms with Crippen molar-refractivity contribution in [3.63, 3.8) is 0 Å². The first kappa shape index (κ1) is 32.2. The number of amides is 2. The molecule has 0 radical (unpaired) electrons. The second-order valence-electron chi connectivity index (χ2n) is 11.0. The van der Waals surface area contributed by atoms with E-state index in [4.69, 9.17) is 14.2 Å². The average molecular weight is 611 g/mol. The summed E-state index contributed by atoms with van der Waals surface area (Å²) in [6, 6.07) is 28.2. The Bertz CT molecular complexity index is 1460. The van der Waals surface area contributed by atoms with Crippen LogP contribution in [0.3, 0.4) is 0 Å². The Morgan fingerprint density at radius 2 is 1.47 bits per heavy atom. The van der Waals surface area contributed by atoms with Crippen LogP contribution in [0.5, 0.6) is 0 Å². The van der Waals surface area contributed by atoms with Crippen LogP contribution in [0, 0.1) is 0 Å². The van der Waals surface area contributed by atoms with E-state index < -0.39 is 0 Å². The van der Waals surface area contributed by atoms with Gasteiger partial charge in [-0.1, -0.05) is 84.9 Å². The molecule has 1 aliphatic rings. The molecule has 9 nitrogen and oxygen atoms in total. The van der Waals surface area contributed by atoms with Crippen molar-refractivity contribution in [2.24, 2.45) is 0 Å². The van der Waals surface area contributed by atoms with E-state index >= 15 is 0 Å². The van der Waals surface area contributed by atoms with Gasteiger partial charge in [0.05, 0.1) is 44.6 Å². The van der Waals surface area contributed by atoms with Crippen molar-refractivity contribution in [3.05, 3.63) is 114 Å². The Kier molecular flexibility index (Phi) is 12.0. The number of hydrogen-bond acceptors (Lipinski definition) is 7. The lowest BCUT2D eigenvalue weighted by Crippen LogP contribution is -2.57. The zero-order valence-corrected chi connectivity index (χ0v) is 25.8. The maximum Gasteiger partial charge on any atom is 0.256 e. The van der Waals surface area contributed by atoms with Gasteiger partial charge in [-0.2, -0.15) is 0 Å². The highest BCUT2D eigenvalue weighted by Gasteiger charge is 2.36. The molecule has 0 aliphatic carbocycles. The molecule has 1 aromatic heterocycles. The lowest BCUT2D eigenvalue weighted by molar-refractivity contribution is -0.123. The third-order valence-corrected chi connectivity index (χ3v) is 8.07. The zero-order chi connectivity index (χ0) is 31.3. The molecule has 1 atom stereocenters. The number of fused-ring (bicyclic) bond motifs is 1. The number of rotatable bonds is 15. The molecule has 0 spiro atoms. The summed E-state index contributed by atoms with van der Waals surface area (Å²) < 4.78 is 16.0. The molecule has 1 fully saturated rings. The first-order chi connectivity index (χ1) is 22.2. The number of methoxy groups -OCH3 is 1. The molecular weight excluding hydrogens is 568 g/mol. The monoisotopic (exact) mass is 610 g/mol. The summed E-state index contributed by atoms with van der Waals surface area (Å²) in [4.78, 5) is 35.9. The maximum atomic E-state index is 14.0. The Balaban J connectivity index is 1.31. The highest BCUT2D eigenvalue weighted by molar-refractivity contribution is 6.06. The number of carbonyl (C=O) groups excluding carboxylic acids is 2. The van der Waals surface area contributed by atoms with Crippen LogP contribution in [0.2, 0.25) is 0 Å². The molecule has 9 heteroatoms. The fourth-order valence-corrected chi connectivity index (χ4v) is 5.89. The second-order valence-corrected chi connectivity index (χ2v) is 11.0. The Labute approximate surface area is 265 Å². The van der Waals surface area contributed by atoms with Gasteiger partial charge in [-0.15, -0.1) is 0 Å². The van der Waals surface area contributed by atoms with Crippen molar-refractivity contribution in [1.82, 2.24) is 20.1 Å². The number of nitrogens with zero attached hydrogens (tertiary/aromatic N) is 3. The van der Waals surface area contributed by atoms with Crippen molar-refractivity contribution >= 4 is 22.6 Å². The Morgan fingerprint density at radius 1 is 0.822 bits per heavy atom. The van der Waals surface area contributed by atoms with Gasteiger partial charge < -0.3 is 24.4 Å². The molecule has 3 aromatic carbocycles. The molecule has 1 unspecified atom stereocenters. The van der Waals surface area contributed by atoms with Crippen LogP contribution in [0.1, 0.15) is 33.9 Å². The third kappa shape index (κ3) is 8.73. The lowest BCUT2D eigenvalue weighted by Gasteiger charge is -2.45. The first-order valence-corrected chi connectivity index (χ1v) is 15.5. The van der Waals surface area contributed by atoms with Gasteiger partial charge in [0.15, 0.2) is 0 Å². The van der Waals surface area contributed by atoms with E-state index in [0.29, 0.717) is 64.8 Å². The van der Waals surface area contributed by atoms with E-state index in [1.807, 2.05) is 65.6 Å². The molecule has 4 aromatic rings. The number of ether oxygens (including phenoxy) is 3. The second kappa shape index (κ2) is 16.8. The van der Waals surface area contributed by atoms with Crippen molar-refractivity contribution < 1.29 is 23.8 Å². The van der Waals surface area contributed by atoms with E-state index in [1.54, 1.807) is 19.5 Å². The molecular formula is C36H42N4O5. The van der Waals surface area contributed by atoms with Crippen molar-refractivity contribution in [2.75, 3.05) is 66.3 Å². The van der Waals surface area contributed by atoms with Gasteiger partial charge in [0, 0.05) is 63.5 Å². The van der Waals surface area contributed by atoms with E-state index in [0.717, 1.165) is 21.9 Å². The fourth-order valence-electron chi connectivity index (χ4n) is 5.89. The number of carbonyl (C=O) groups is 2. The molecule has 0 bridgehead atoms. The highest BCUT2D eigenvalue weighted by Crippen LogP contribution is 2.33. The molecule has 1 aliphatic heterocycles. The molecule has 1 saturated heterocycles. The normalized spacial score (nSPS) is 15.4. The lowest BCUT2D eigenvalue weighted by atomic mass is 9.93. The van der Waals surface area contributed by atoms with Gasteiger partial charge in [0.25, 0.3) is 5.91 Å². The number of piperazine rings is 1. The summed E-state index contributed by atoms with van der Waals surface area (Å²) in [5.74, 6) is -0.146. The van der Waals surface area contributed by atoms with E-state index in [-0.39, 0.29) is 30.3 Å². The van der Waals surface area contributed by atoms with Crippen LogP contribution in [0.25, 0.3) is 10.8 Å². The number of pyridine rings is 1. The van der Waals surface area contributed by atoms with E-state index in [2.05, 4.69) is 39.5 Å². The summed E-state index contributed by atoms with van der Waals surface area (Å²) in [6.07, 6.45) is 3.67. The van der Waals surface area contributed by atoms with Gasteiger partial charge in [-0.05, 0) is 16.5 Å². The first-order valence-electron chi connectivity index (χ1n) is 15.5. The Morgan fingerprint density at radius 3 is 2.18 bits per heavy atom.